The lowest BCUT2D eigenvalue weighted by atomic mass is 10.1. The monoisotopic (exact) mass is 391 g/mol. The molecule has 27 heavy (non-hydrogen) atoms. The van der Waals surface area contributed by atoms with Crippen molar-refractivity contribution in [1.82, 2.24) is 9.80 Å². The second-order valence-corrected chi connectivity index (χ2v) is 6.36. The zero-order valence-corrected chi connectivity index (χ0v) is 15.7. The number of carbonyl (C=O) groups excluding carboxylic acids is 2. The highest BCUT2D eigenvalue weighted by Crippen LogP contribution is 2.15. The molecule has 2 aromatic rings. The molecule has 1 saturated heterocycles. The van der Waals surface area contributed by atoms with Gasteiger partial charge in [-0.15, -0.1) is 12.4 Å². The third-order valence-electron chi connectivity index (χ3n) is 4.67. The smallest absolute Gasteiger partial charge is 0.244 e. The Bertz CT molecular complexity index is 780. The van der Waals surface area contributed by atoms with Crippen molar-refractivity contribution in [3.63, 3.8) is 0 Å². The van der Waals surface area contributed by atoms with Crippen LogP contribution in [0.4, 0.5) is 4.39 Å². The summed E-state index contributed by atoms with van der Waals surface area (Å²) in [6.45, 7) is 1.73. The van der Waals surface area contributed by atoms with Crippen molar-refractivity contribution >= 4 is 24.2 Å². The van der Waals surface area contributed by atoms with Gasteiger partial charge < -0.3 is 15.5 Å². The molecular formula is C20H23ClFN3O2. The number of rotatable bonds is 4. The Morgan fingerprint density at radius 3 is 2.11 bits per heavy atom. The van der Waals surface area contributed by atoms with E-state index < -0.39 is 6.04 Å². The highest BCUT2D eigenvalue weighted by atomic mass is 35.5. The molecule has 0 spiro atoms. The Hall–Kier alpha value is -2.44. The maximum Gasteiger partial charge on any atom is 0.244 e. The van der Waals surface area contributed by atoms with Crippen LogP contribution in [0.5, 0.6) is 0 Å². The van der Waals surface area contributed by atoms with Gasteiger partial charge in [0.1, 0.15) is 11.9 Å². The lowest BCUT2D eigenvalue weighted by Gasteiger charge is -2.36. The predicted molar refractivity (Wildman–Crippen MR) is 104 cm³/mol. The molecule has 144 valence electrons. The summed E-state index contributed by atoms with van der Waals surface area (Å²) in [6.07, 6.45) is 0.0319. The van der Waals surface area contributed by atoms with Gasteiger partial charge in [0.25, 0.3) is 0 Å². The molecular weight excluding hydrogens is 369 g/mol. The number of nitrogens with zero attached hydrogens (tertiary/aromatic N) is 2. The van der Waals surface area contributed by atoms with E-state index in [-0.39, 0.29) is 36.5 Å². The van der Waals surface area contributed by atoms with E-state index in [4.69, 9.17) is 5.73 Å². The second kappa shape index (κ2) is 9.48. The summed E-state index contributed by atoms with van der Waals surface area (Å²) >= 11 is 0. The molecule has 1 fully saturated rings. The fourth-order valence-corrected chi connectivity index (χ4v) is 3.09. The molecule has 2 N–H and O–H groups in total. The first kappa shape index (κ1) is 20.9. The lowest BCUT2D eigenvalue weighted by Crippen LogP contribution is -2.52. The van der Waals surface area contributed by atoms with Crippen LogP contribution in [-0.2, 0) is 16.0 Å². The Morgan fingerprint density at radius 2 is 1.48 bits per heavy atom. The van der Waals surface area contributed by atoms with E-state index in [1.54, 1.807) is 28.0 Å². The van der Waals surface area contributed by atoms with Crippen molar-refractivity contribution in [3.05, 3.63) is 71.5 Å². The molecule has 1 aliphatic rings. The van der Waals surface area contributed by atoms with Gasteiger partial charge in [0, 0.05) is 26.2 Å². The van der Waals surface area contributed by atoms with Gasteiger partial charge in [0.2, 0.25) is 11.8 Å². The number of nitrogens with two attached hydrogens (primary N) is 1. The molecule has 1 heterocycles. The first-order chi connectivity index (χ1) is 12.6. The summed E-state index contributed by atoms with van der Waals surface area (Å²) in [5.74, 6) is -0.643. The fourth-order valence-electron chi connectivity index (χ4n) is 3.09. The van der Waals surface area contributed by atoms with Crippen LogP contribution in [0.15, 0.2) is 54.6 Å². The average Bonchev–Trinajstić information content (AvgIpc) is 2.69. The van der Waals surface area contributed by atoms with Gasteiger partial charge in [-0.1, -0.05) is 48.5 Å². The van der Waals surface area contributed by atoms with Gasteiger partial charge in [-0.25, -0.2) is 4.39 Å². The molecule has 0 saturated carbocycles. The molecule has 2 amide bonds. The van der Waals surface area contributed by atoms with E-state index in [0.29, 0.717) is 31.7 Å². The van der Waals surface area contributed by atoms with Crippen LogP contribution in [0.1, 0.15) is 17.2 Å². The SMILES string of the molecule is Cl.NC(C(=O)N1CCN(C(=O)Cc2ccccc2F)CC1)c1ccccc1. The van der Waals surface area contributed by atoms with Gasteiger partial charge in [-0.2, -0.15) is 0 Å². The van der Waals surface area contributed by atoms with Gasteiger partial charge >= 0.3 is 0 Å². The van der Waals surface area contributed by atoms with E-state index in [1.807, 2.05) is 30.3 Å². The van der Waals surface area contributed by atoms with Crippen molar-refractivity contribution in [2.75, 3.05) is 26.2 Å². The topological polar surface area (TPSA) is 66.6 Å². The number of piperazine rings is 1. The molecule has 2 aromatic carbocycles. The molecule has 0 bridgehead atoms. The summed E-state index contributed by atoms with van der Waals surface area (Å²) in [5, 5.41) is 0. The van der Waals surface area contributed by atoms with Crippen LogP contribution in [0.25, 0.3) is 0 Å². The summed E-state index contributed by atoms with van der Waals surface area (Å²) in [6, 6.07) is 14.8. The van der Waals surface area contributed by atoms with E-state index in [1.165, 1.54) is 6.07 Å². The number of hydrogen-bond acceptors (Lipinski definition) is 3. The number of amides is 2. The summed E-state index contributed by atoms with van der Waals surface area (Å²) in [7, 11) is 0. The Balaban J connectivity index is 0.00000261. The first-order valence-corrected chi connectivity index (χ1v) is 8.67. The molecule has 7 heteroatoms. The minimum absolute atomic E-state index is 0. The molecule has 0 aromatic heterocycles. The van der Waals surface area contributed by atoms with Gasteiger partial charge in [0.15, 0.2) is 0 Å². The van der Waals surface area contributed by atoms with Gasteiger partial charge in [-0.05, 0) is 17.2 Å². The number of benzene rings is 2. The molecule has 0 aliphatic carbocycles. The third kappa shape index (κ3) is 5.05. The standard InChI is InChI=1S/C20H22FN3O2.ClH/c21-17-9-5-4-8-16(17)14-18(25)23-10-12-24(13-11-23)20(26)19(22)15-6-2-1-3-7-15;/h1-9,19H,10-14,22H2;1H. The highest BCUT2D eigenvalue weighted by Gasteiger charge is 2.28. The molecule has 1 aliphatic heterocycles. The molecule has 3 rings (SSSR count). The summed E-state index contributed by atoms with van der Waals surface area (Å²) in [4.78, 5) is 28.3. The molecule has 5 nitrogen and oxygen atoms in total. The Kier molecular flexibility index (Phi) is 7.33. The average molecular weight is 392 g/mol. The van der Waals surface area contributed by atoms with Gasteiger partial charge in [-0.3, -0.25) is 9.59 Å². The summed E-state index contributed by atoms with van der Waals surface area (Å²) in [5.41, 5.74) is 7.23. The second-order valence-electron chi connectivity index (χ2n) is 6.36. The van der Waals surface area contributed by atoms with Crippen LogP contribution < -0.4 is 5.73 Å². The molecule has 1 atom stereocenters. The van der Waals surface area contributed by atoms with Crippen LogP contribution in [-0.4, -0.2) is 47.8 Å². The zero-order valence-electron chi connectivity index (χ0n) is 14.9. The number of hydrogen-bond donors (Lipinski definition) is 1. The summed E-state index contributed by atoms with van der Waals surface area (Å²) < 4.78 is 13.7. The fraction of sp³-hybridized carbons (Fsp3) is 0.300. The Labute approximate surface area is 164 Å². The van der Waals surface area contributed by atoms with E-state index >= 15 is 0 Å². The minimum atomic E-state index is -0.697. The molecule has 0 radical (unpaired) electrons. The minimum Gasteiger partial charge on any atom is -0.339 e. The maximum atomic E-state index is 13.7. The van der Waals surface area contributed by atoms with Crippen molar-refractivity contribution in [3.8, 4) is 0 Å². The quantitative estimate of drug-likeness (QED) is 0.868. The largest absolute Gasteiger partial charge is 0.339 e. The van der Waals surface area contributed by atoms with Crippen LogP contribution in [0, 0.1) is 5.82 Å². The molecule has 1 unspecified atom stereocenters. The normalized spacial score (nSPS) is 15.0. The van der Waals surface area contributed by atoms with Crippen LogP contribution in [0.2, 0.25) is 0 Å². The highest BCUT2D eigenvalue weighted by molar-refractivity contribution is 5.85. The lowest BCUT2D eigenvalue weighted by molar-refractivity contribution is -0.140. The predicted octanol–water partition coefficient (Wildman–Crippen LogP) is 2.16. The van der Waals surface area contributed by atoms with Crippen LogP contribution in [0.3, 0.4) is 0 Å². The van der Waals surface area contributed by atoms with Crippen molar-refractivity contribution < 1.29 is 14.0 Å². The zero-order chi connectivity index (χ0) is 18.5. The van der Waals surface area contributed by atoms with Crippen molar-refractivity contribution in [2.45, 2.75) is 12.5 Å². The number of carbonyl (C=O) groups is 2. The number of halogens is 2. The van der Waals surface area contributed by atoms with Crippen molar-refractivity contribution in [1.29, 1.82) is 0 Å². The van der Waals surface area contributed by atoms with E-state index in [2.05, 4.69) is 0 Å². The maximum absolute atomic E-state index is 13.7. The Morgan fingerprint density at radius 1 is 0.926 bits per heavy atom. The third-order valence-corrected chi connectivity index (χ3v) is 4.67. The van der Waals surface area contributed by atoms with E-state index in [0.717, 1.165) is 5.56 Å². The van der Waals surface area contributed by atoms with Crippen LogP contribution >= 0.6 is 12.4 Å². The first-order valence-electron chi connectivity index (χ1n) is 8.67. The van der Waals surface area contributed by atoms with E-state index in [9.17, 15) is 14.0 Å². The van der Waals surface area contributed by atoms with Crippen molar-refractivity contribution in [2.24, 2.45) is 5.73 Å². The van der Waals surface area contributed by atoms with Gasteiger partial charge in [0.05, 0.1) is 6.42 Å².